The van der Waals surface area contributed by atoms with Crippen LogP contribution in [-0.4, -0.2) is 46.5 Å². The quantitative estimate of drug-likeness (QED) is 0.426. The summed E-state index contributed by atoms with van der Waals surface area (Å²) in [4.78, 5) is 25.5. The maximum atomic E-state index is 13.3. The Kier molecular flexibility index (Phi) is 6.70. The van der Waals surface area contributed by atoms with Crippen LogP contribution in [0, 0.1) is 5.92 Å². The number of piperidine rings is 1. The van der Waals surface area contributed by atoms with Gasteiger partial charge < -0.3 is 14.8 Å². The lowest BCUT2D eigenvalue weighted by Gasteiger charge is -2.31. The van der Waals surface area contributed by atoms with E-state index in [1.165, 1.54) is 30.6 Å². The van der Waals surface area contributed by atoms with Gasteiger partial charge in [0.05, 0.1) is 12.0 Å². The number of H-pyrrole nitrogens is 1. The molecular formula is C29H32Cl2N4O. The molecule has 2 aliphatic heterocycles. The number of halogens is 2. The summed E-state index contributed by atoms with van der Waals surface area (Å²) in [5.41, 5.74) is 6.59. The Hall–Kier alpha value is -2.50. The number of hydrogen-bond donors (Lipinski definition) is 1. The number of hydrogen-bond acceptors (Lipinski definition) is 3. The summed E-state index contributed by atoms with van der Waals surface area (Å²) in [7, 11) is 0. The third-order valence-corrected chi connectivity index (χ3v) is 8.94. The monoisotopic (exact) mass is 522 g/mol. The molecule has 0 saturated carbocycles. The summed E-state index contributed by atoms with van der Waals surface area (Å²) in [6.07, 6.45) is 9.82. The van der Waals surface area contributed by atoms with Crippen LogP contribution >= 0.6 is 23.2 Å². The largest absolute Gasteiger partial charge is 0.372 e. The number of aryl methyl sites for hydroxylation is 1. The van der Waals surface area contributed by atoms with Gasteiger partial charge in [-0.2, -0.15) is 0 Å². The number of nitrogens with zero attached hydrogens (tertiary/aromatic N) is 3. The van der Waals surface area contributed by atoms with Gasteiger partial charge in [-0.25, -0.2) is 4.98 Å². The van der Waals surface area contributed by atoms with Gasteiger partial charge in [0.25, 0.3) is 0 Å². The lowest BCUT2D eigenvalue weighted by molar-refractivity contribution is -0.133. The maximum absolute atomic E-state index is 13.3. The smallest absolute Gasteiger partial charge is 0.226 e. The van der Waals surface area contributed by atoms with E-state index < -0.39 is 0 Å². The van der Waals surface area contributed by atoms with Crippen LogP contribution in [0.3, 0.4) is 0 Å². The number of nitrogens with one attached hydrogen (secondary N) is 1. The molecule has 3 aliphatic rings. The number of imidazole rings is 1. The zero-order chi connectivity index (χ0) is 24.6. The van der Waals surface area contributed by atoms with E-state index in [1.807, 2.05) is 12.1 Å². The third-order valence-electron chi connectivity index (χ3n) is 8.27. The molecule has 1 aliphatic carbocycles. The minimum atomic E-state index is -0.0714. The van der Waals surface area contributed by atoms with Gasteiger partial charge in [0.1, 0.15) is 0 Å². The SMILES string of the molecule is O=C1C(Cc2c(Cl)cc(-c3ccc(N4CCCCC4)cc3)cc2Cl)CCN1C1CCc2nc[nH]c2C1. The molecule has 36 heavy (non-hydrogen) atoms. The van der Waals surface area contributed by atoms with Gasteiger partial charge in [-0.15, -0.1) is 0 Å². The number of carbonyl (C=O) groups is 1. The van der Waals surface area contributed by atoms with Crippen molar-refractivity contribution in [2.75, 3.05) is 24.5 Å². The van der Waals surface area contributed by atoms with Crippen molar-refractivity contribution in [1.29, 1.82) is 0 Å². The second kappa shape index (κ2) is 10.1. The number of anilines is 1. The van der Waals surface area contributed by atoms with Crippen molar-refractivity contribution >= 4 is 34.8 Å². The minimum Gasteiger partial charge on any atom is -0.372 e. The lowest BCUT2D eigenvalue weighted by atomic mass is 9.94. The molecule has 188 valence electrons. The van der Waals surface area contributed by atoms with E-state index in [-0.39, 0.29) is 17.9 Å². The Balaban J connectivity index is 1.14. The minimum absolute atomic E-state index is 0.0714. The third kappa shape index (κ3) is 4.64. The Morgan fingerprint density at radius 3 is 2.44 bits per heavy atom. The molecule has 0 radical (unpaired) electrons. The zero-order valence-corrected chi connectivity index (χ0v) is 22.0. The predicted molar refractivity (Wildman–Crippen MR) is 146 cm³/mol. The Morgan fingerprint density at radius 2 is 1.69 bits per heavy atom. The zero-order valence-electron chi connectivity index (χ0n) is 20.5. The van der Waals surface area contributed by atoms with Crippen LogP contribution in [0.25, 0.3) is 11.1 Å². The summed E-state index contributed by atoms with van der Waals surface area (Å²) in [5.74, 6) is 0.158. The van der Waals surface area contributed by atoms with Crippen LogP contribution in [0.5, 0.6) is 0 Å². The molecule has 2 aromatic carbocycles. The van der Waals surface area contributed by atoms with Gasteiger partial charge >= 0.3 is 0 Å². The molecule has 2 saturated heterocycles. The molecule has 0 bridgehead atoms. The number of amides is 1. The Labute approximate surface area is 222 Å². The van der Waals surface area contributed by atoms with Crippen molar-refractivity contribution in [3.05, 3.63) is 69.7 Å². The molecule has 0 spiro atoms. The Bertz CT molecular complexity index is 1230. The lowest BCUT2D eigenvalue weighted by Crippen LogP contribution is -2.41. The average Bonchev–Trinajstić information content (AvgIpc) is 3.52. The molecule has 3 heterocycles. The molecule has 1 amide bonds. The highest BCUT2D eigenvalue weighted by Crippen LogP contribution is 2.37. The fourth-order valence-corrected chi connectivity index (χ4v) is 6.83. The van der Waals surface area contributed by atoms with E-state index in [0.29, 0.717) is 16.5 Å². The number of aromatic nitrogens is 2. The van der Waals surface area contributed by atoms with Crippen LogP contribution in [0.15, 0.2) is 42.7 Å². The van der Waals surface area contributed by atoms with Crippen molar-refractivity contribution in [3.63, 3.8) is 0 Å². The number of rotatable bonds is 5. The topological polar surface area (TPSA) is 52.2 Å². The highest BCUT2D eigenvalue weighted by Gasteiger charge is 2.38. The van der Waals surface area contributed by atoms with Crippen LogP contribution in [0.4, 0.5) is 5.69 Å². The van der Waals surface area contributed by atoms with E-state index >= 15 is 0 Å². The molecule has 1 aromatic heterocycles. The molecule has 3 aromatic rings. The first-order valence-corrected chi connectivity index (χ1v) is 14.0. The summed E-state index contributed by atoms with van der Waals surface area (Å²) < 4.78 is 0. The molecule has 6 rings (SSSR count). The highest BCUT2D eigenvalue weighted by atomic mass is 35.5. The van der Waals surface area contributed by atoms with Crippen molar-refractivity contribution in [2.24, 2.45) is 5.92 Å². The molecule has 2 atom stereocenters. The second-order valence-electron chi connectivity index (χ2n) is 10.5. The van der Waals surface area contributed by atoms with Crippen molar-refractivity contribution in [2.45, 2.75) is 57.4 Å². The van der Waals surface area contributed by atoms with E-state index in [2.05, 4.69) is 44.0 Å². The van der Waals surface area contributed by atoms with E-state index in [9.17, 15) is 4.79 Å². The van der Waals surface area contributed by atoms with E-state index in [0.717, 1.165) is 67.7 Å². The summed E-state index contributed by atoms with van der Waals surface area (Å²) in [6.45, 7) is 3.07. The predicted octanol–water partition coefficient (Wildman–Crippen LogP) is 6.32. The molecule has 2 unspecified atom stereocenters. The molecule has 2 fully saturated rings. The van der Waals surface area contributed by atoms with Gasteiger partial charge in [0, 0.05) is 59.4 Å². The number of benzene rings is 2. The first-order chi connectivity index (χ1) is 17.6. The van der Waals surface area contributed by atoms with Crippen LogP contribution < -0.4 is 4.90 Å². The molecule has 7 heteroatoms. The summed E-state index contributed by atoms with van der Waals surface area (Å²) in [5, 5.41) is 1.28. The van der Waals surface area contributed by atoms with Crippen LogP contribution in [0.1, 0.15) is 49.1 Å². The average molecular weight is 524 g/mol. The van der Waals surface area contributed by atoms with Crippen molar-refractivity contribution < 1.29 is 4.79 Å². The molecule has 1 N–H and O–H groups in total. The van der Waals surface area contributed by atoms with Crippen molar-refractivity contribution in [3.8, 4) is 11.1 Å². The van der Waals surface area contributed by atoms with Gasteiger partial charge in [0.15, 0.2) is 0 Å². The molecular weight excluding hydrogens is 491 g/mol. The number of carbonyl (C=O) groups excluding carboxylic acids is 1. The fraction of sp³-hybridized carbons (Fsp3) is 0.448. The first kappa shape index (κ1) is 23.9. The van der Waals surface area contributed by atoms with E-state index in [4.69, 9.17) is 23.2 Å². The highest BCUT2D eigenvalue weighted by molar-refractivity contribution is 6.36. The second-order valence-corrected chi connectivity index (χ2v) is 11.3. The van der Waals surface area contributed by atoms with Gasteiger partial charge in [-0.05, 0) is 85.9 Å². The number of aromatic amines is 1. The Morgan fingerprint density at radius 1 is 0.944 bits per heavy atom. The van der Waals surface area contributed by atoms with Crippen molar-refractivity contribution in [1.82, 2.24) is 14.9 Å². The van der Waals surface area contributed by atoms with Gasteiger partial charge in [0.2, 0.25) is 5.91 Å². The fourth-order valence-electron chi connectivity index (χ4n) is 6.19. The normalized spacial score (nSPS) is 22.2. The summed E-state index contributed by atoms with van der Waals surface area (Å²) in [6, 6.07) is 12.9. The summed E-state index contributed by atoms with van der Waals surface area (Å²) >= 11 is 13.5. The van der Waals surface area contributed by atoms with Gasteiger partial charge in [-0.3, -0.25) is 4.79 Å². The van der Waals surface area contributed by atoms with Crippen LogP contribution in [0.2, 0.25) is 10.0 Å². The maximum Gasteiger partial charge on any atom is 0.226 e. The van der Waals surface area contributed by atoms with E-state index in [1.54, 1.807) is 6.33 Å². The number of fused-ring (bicyclic) bond motifs is 1. The first-order valence-electron chi connectivity index (χ1n) is 13.2. The number of likely N-dealkylation sites (tertiary alicyclic amines) is 1. The standard InChI is InChI=1S/C29H32Cl2N4O/c30-25-15-21(19-4-6-22(7-5-19)34-11-2-1-3-12-34)16-26(31)24(25)14-20-10-13-35(29(20)36)23-8-9-27-28(17-23)33-18-32-27/h4-7,15-16,18,20,23H,1-3,8-14,17H2,(H,32,33). The molecule has 5 nitrogen and oxygen atoms in total. The van der Waals surface area contributed by atoms with Gasteiger partial charge in [-0.1, -0.05) is 35.3 Å². The van der Waals surface area contributed by atoms with Crippen LogP contribution in [-0.2, 0) is 24.1 Å².